The molecule has 4 N–H and O–H groups in total. The lowest BCUT2D eigenvalue weighted by Gasteiger charge is -2.34. The van der Waals surface area contributed by atoms with Gasteiger partial charge in [0.2, 0.25) is 0 Å². The lowest BCUT2D eigenvalue weighted by molar-refractivity contribution is -0.150. The number of nitrogens with one attached hydrogen (secondary N) is 1. The van der Waals surface area contributed by atoms with Gasteiger partial charge in [-0.05, 0) is 54.5 Å². The van der Waals surface area contributed by atoms with Crippen LogP contribution < -0.4 is 5.32 Å². The van der Waals surface area contributed by atoms with Gasteiger partial charge >= 0.3 is 17.8 Å². The highest BCUT2D eigenvalue weighted by molar-refractivity contribution is 6.35. The van der Waals surface area contributed by atoms with E-state index in [0.29, 0.717) is 18.0 Å². The first-order chi connectivity index (χ1) is 16.3. The SMILES string of the molecule is O=C(N[C@H](Cc1ccc(-c2cccc(Cl)c2)cc1)C[C@@H](O)C(=O)O)C(=O)N1CCCC[C@@H]1CO. The van der Waals surface area contributed by atoms with Crippen LogP contribution in [0.4, 0.5) is 0 Å². The van der Waals surface area contributed by atoms with Gasteiger partial charge in [-0.2, -0.15) is 0 Å². The third-order valence-corrected chi connectivity index (χ3v) is 6.25. The molecule has 1 heterocycles. The van der Waals surface area contributed by atoms with Crippen molar-refractivity contribution in [2.24, 2.45) is 0 Å². The molecule has 0 aromatic heterocycles. The van der Waals surface area contributed by atoms with E-state index < -0.39 is 36.0 Å². The average Bonchev–Trinajstić information content (AvgIpc) is 2.83. The van der Waals surface area contributed by atoms with Crippen molar-refractivity contribution in [1.29, 1.82) is 0 Å². The molecule has 1 saturated heterocycles. The summed E-state index contributed by atoms with van der Waals surface area (Å²) in [5, 5.41) is 31.8. The molecule has 0 radical (unpaired) electrons. The Morgan fingerprint density at radius 1 is 1.09 bits per heavy atom. The van der Waals surface area contributed by atoms with E-state index in [2.05, 4.69) is 5.32 Å². The van der Waals surface area contributed by atoms with E-state index in [0.717, 1.165) is 29.5 Å². The van der Waals surface area contributed by atoms with E-state index in [-0.39, 0.29) is 19.4 Å². The van der Waals surface area contributed by atoms with E-state index in [1.54, 1.807) is 6.07 Å². The Labute approximate surface area is 203 Å². The summed E-state index contributed by atoms with van der Waals surface area (Å²) in [6.07, 6.45) is 0.517. The molecular formula is C25H29ClN2O6. The smallest absolute Gasteiger partial charge is 0.332 e. The van der Waals surface area contributed by atoms with Crippen molar-refractivity contribution >= 4 is 29.4 Å². The third-order valence-electron chi connectivity index (χ3n) is 6.02. The number of carbonyl (C=O) groups excluding carboxylic acids is 2. The summed E-state index contributed by atoms with van der Waals surface area (Å²) in [4.78, 5) is 38.0. The maximum absolute atomic E-state index is 12.7. The number of rotatable bonds is 8. The standard InChI is InChI=1S/C25H29ClN2O6/c26-19-5-3-4-18(13-19)17-9-7-16(8-10-17)12-20(14-22(30)25(33)34)27-23(31)24(32)28-11-2-1-6-21(28)15-29/h3-5,7-10,13,20-22,29-30H,1-2,6,11-12,14-15H2,(H,27,31)(H,33,34)/t20-,21-,22-/m1/s1. The number of piperidine rings is 1. The number of carboxylic acids is 1. The van der Waals surface area contributed by atoms with Crippen molar-refractivity contribution in [2.75, 3.05) is 13.2 Å². The lowest BCUT2D eigenvalue weighted by Crippen LogP contribution is -2.53. The molecule has 1 aliphatic heterocycles. The maximum atomic E-state index is 12.7. The Hall–Kier alpha value is -2.94. The van der Waals surface area contributed by atoms with Crippen molar-refractivity contribution in [1.82, 2.24) is 10.2 Å². The molecule has 8 nitrogen and oxygen atoms in total. The number of aliphatic carboxylic acids is 1. The summed E-state index contributed by atoms with van der Waals surface area (Å²) in [5.41, 5.74) is 2.68. The summed E-state index contributed by atoms with van der Waals surface area (Å²) in [5.74, 6) is -3.04. The zero-order chi connectivity index (χ0) is 24.7. The van der Waals surface area contributed by atoms with Gasteiger partial charge in [0.05, 0.1) is 12.6 Å². The van der Waals surface area contributed by atoms with Crippen LogP contribution in [0, 0.1) is 0 Å². The number of benzene rings is 2. The first kappa shape index (κ1) is 25.7. The van der Waals surface area contributed by atoms with Crippen molar-refractivity contribution in [3.8, 4) is 11.1 Å². The predicted octanol–water partition coefficient (Wildman–Crippen LogP) is 2.24. The molecule has 2 aromatic carbocycles. The second-order valence-electron chi connectivity index (χ2n) is 8.50. The molecule has 2 aromatic rings. The summed E-state index contributed by atoms with van der Waals surface area (Å²) >= 11 is 6.06. The molecule has 0 aliphatic carbocycles. The van der Waals surface area contributed by atoms with Gasteiger partial charge in [-0.1, -0.05) is 48.0 Å². The van der Waals surface area contributed by atoms with Crippen LogP contribution >= 0.6 is 11.6 Å². The van der Waals surface area contributed by atoms with Crippen LogP contribution in [0.15, 0.2) is 48.5 Å². The topological polar surface area (TPSA) is 127 Å². The zero-order valence-electron chi connectivity index (χ0n) is 18.7. The minimum atomic E-state index is -1.69. The number of likely N-dealkylation sites (tertiary alicyclic amines) is 1. The molecule has 3 rings (SSSR count). The zero-order valence-corrected chi connectivity index (χ0v) is 19.4. The van der Waals surface area contributed by atoms with Crippen LogP contribution in [-0.2, 0) is 20.8 Å². The van der Waals surface area contributed by atoms with Crippen LogP contribution in [0.25, 0.3) is 11.1 Å². The lowest BCUT2D eigenvalue weighted by atomic mass is 9.97. The van der Waals surface area contributed by atoms with Crippen LogP contribution in [0.2, 0.25) is 5.02 Å². The molecule has 0 unspecified atom stereocenters. The van der Waals surface area contributed by atoms with Gasteiger partial charge in [0, 0.05) is 24.0 Å². The number of nitrogens with zero attached hydrogens (tertiary/aromatic N) is 1. The first-order valence-corrected chi connectivity index (χ1v) is 11.6. The van der Waals surface area contributed by atoms with E-state index in [1.807, 2.05) is 42.5 Å². The first-order valence-electron chi connectivity index (χ1n) is 11.3. The second-order valence-corrected chi connectivity index (χ2v) is 8.94. The summed E-state index contributed by atoms with van der Waals surface area (Å²) < 4.78 is 0. The summed E-state index contributed by atoms with van der Waals surface area (Å²) in [6.45, 7) is 0.157. The van der Waals surface area contributed by atoms with Crippen molar-refractivity contribution < 1.29 is 29.7 Å². The van der Waals surface area contributed by atoms with E-state index in [9.17, 15) is 24.6 Å². The van der Waals surface area contributed by atoms with E-state index in [1.165, 1.54) is 4.90 Å². The Bertz CT molecular complexity index is 1010. The molecule has 3 atom stereocenters. The van der Waals surface area contributed by atoms with Crippen molar-refractivity contribution in [3.05, 3.63) is 59.1 Å². The number of halogens is 1. The van der Waals surface area contributed by atoms with E-state index in [4.69, 9.17) is 16.7 Å². The highest BCUT2D eigenvalue weighted by atomic mass is 35.5. The summed E-state index contributed by atoms with van der Waals surface area (Å²) in [6, 6.07) is 13.7. The molecule has 0 bridgehead atoms. The van der Waals surface area contributed by atoms with Gasteiger partial charge in [0.1, 0.15) is 0 Å². The minimum Gasteiger partial charge on any atom is -0.479 e. The highest BCUT2D eigenvalue weighted by Gasteiger charge is 2.32. The van der Waals surface area contributed by atoms with Crippen molar-refractivity contribution in [3.63, 3.8) is 0 Å². The Morgan fingerprint density at radius 2 is 1.82 bits per heavy atom. The monoisotopic (exact) mass is 488 g/mol. The normalized spacial score (nSPS) is 17.6. The molecule has 0 saturated carbocycles. The Kier molecular flexibility index (Phi) is 9.04. The molecule has 0 spiro atoms. The van der Waals surface area contributed by atoms with Crippen LogP contribution in [0.5, 0.6) is 0 Å². The molecule has 182 valence electrons. The molecule has 9 heteroatoms. The maximum Gasteiger partial charge on any atom is 0.332 e. The second kappa shape index (κ2) is 12.0. The highest BCUT2D eigenvalue weighted by Crippen LogP contribution is 2.24. The third kappa shape index (κ3) is 6.79. The van der Waals surface area contributed by atoms with Gasteiger partial charge < -0.3 is 25.5 Å². The molecule has 1 fully saturated rings. The molecule has 2 amide bonds. The number of aliphatic hydroxyl groups is 2. The Balaban J connectivity index is 1.72. The molecule has 34 heavy (non-hydrogen) atoms. The van der Waals surface area contributed by atoms with E-state index >= 15 is 0 Å². The van der Waals surface area contributed by atoms with Crippen LogP contribution in [-0.4, -0.2) is 69.3 Å². The van der Waals surface area contributed by atoms with Gasteiger partial charge in [-0.3, -0.25) is 9.59 Å². The van der Waals surface area contributed by atoms with Crippen molar-refractivity contribution in [2.45, 2.75) is 50.3 Å². The number of amides is 2. The van der Waals surface area contributed by atoms with Crippen LogP contribution in [0.1, 0.15) is 31.2 Å². The number of carbonyl (C=O) groups is 3. The molecular weight excluding hydrogens is 460 g/mol. The number of carboxylic acid groups (broad SMARTS) is 1. The average molecular weight is 489 g/mol. The van der Waals surface area contributed by atoms with Gasteiger partial charge in [0.25, 0.3) is 0 Å². The largest absolute Gasteiger partial charge is 0.479 e. The van der Waals surface area contributed by atoms with Gasteiger partial charge in [-0.15, -0.1) is 0 Å². The fraction of sp³-hybridized carbons (Fsp3) is 0.400. The number of hydrogen-bond acceptors (Lipinski definition) is 5. The minimum absolute atomic E-state index is 0.223. The molecule has 1 aliphatic rings. The predicted molar refractivity (Wildman–Crippen MR) is 127 cm³/mol. The summed E-state index contributed by atoms with van der Waals surface area (Å²) in [7, 11) is 0. The number of aliphatic hydroxyl groups excluding tert-OH is 2. The van der Waals surface area contributed by atoms with Gasteiger partial charge in [-0.25, -0.2) is 4.79 Å². The number of hydrogen-bond donors (Lipinski definition) is 4. The Morgan fingerprint density at radius 3 is 2.47 bits per heavy atom. The fourth-order valence-electron chi connectivity index (χ4n) is 4.18. The van der Waals surface area contributed by atoms with Crippen LogP contribution in [0.3, 0.4) is 0 Å². The fourth-order valence-corrected chi connectivity index (χ4v) is 4.38. The quantitative estimate of drug-likeness (QED) is 0.422. The van der Waals surface area contributed by atoms with Gasteiger partial charge in [0.15, 0.2) is 6.10 Å².